The van der Waals surface area contributed by atoms with Gasteiger partial charge in [-0.1, -0.05) is 42.8 Å². The van der Waals surface area contributed by atoms with Gasteiger partial charge in [-0.25, -0.2) is 8.42 Å². The maximum absolute atomic E-state index is 12.9. The molecular weight excluding hydrogens is 472 g/mol. The predicted octanol–water partition coefficient (Wildman–Crippen LogP) is 5.15. The molecule has 0 saturated heterocycles. The van der Waals surface area contributed by atoms with Crippen LogP contribution in [0.4, 0.5) is 5.69 Å². The Kier molecular flexibility index (Phi) is 8.12. The fourth-order valence-electron chi connectivity index (χ4n) is 3.44. The Labute approximate surface area is 205 Å². The first-order chi connectivity index (χ1) is 16.1. The number of hydrogen-bond acceptors (Lipinski definition) is 4. The molecule has 0 aromatic heterocycles. The summed E-state index contributed by atoms with van der Waals surface area (Å²) in [7, 11) is -1.53. The van der Waals surface area contributed by atoms with Crippen LogP contribution in [0.25, 0.3) is 0 Å². The maximum atomic E-state index is 12.9. The van der Waals surface area contributed by atoms with Crippen LogP contribution in [0.15, 0.2) is 77.7 Å². The molecule has 178 valence electrons. The van der Waals surface area contributed by atoms with Crippen molar-refractivity contribution in [1.82, 2.24) is 4.90 Å². The summed E-state index contributed by atoms with van der Waals surface area (Å²) in [5.41, 5.74) is 2.71. The van der Waals surface area contributed by atoms with Crippen LogP contribution in [0.3, 0.4) is 0 Å². The molecular formula is C26H27ClN2O4S. The summed E-state index contributed by atoms with van der Waals surface area (Å²) in [4.78, 5) is 27.2. The number of benzene rings is 3. The van der Waals surface area contributed by atoms with E-state index in [0.717, 1.165) is 5.56 Å². The second-order valence-electron chi connectivity index (χ2n) is 8.00. The van der Waals surface area contributed by atoms with E-state index in [9.17, 15) is 18.0 Å². The summed E-state index contributed by atoms with van der Waals surface area (Å²) in [6, 6.07) is 20.3. The highest BCUT2D eigenvalue weighted by Gasteiger charge is 2.19. The lowest BCUT2D eigenvalue weighted by Gasteiger charge is -2.25. The highest BCUT2D eigenvalue weighted by atomic mass is 35.5. The summed E-state index contributed by atoms with van der Waals surface area (Å²) in [6.45, 7) is 3.52. The summed E-state index contributed by atoms with van der Waals surface area (Å²) in [5, 5.41) is 3.42. The smallest absolute Gasteiger partial charge is 0.254 e. The average Bonchev–Trinajstić information content (AvgIpc) is 2.83. The van der Waals surface area contributed by atoms with E-state index in [1.807, 2.05) is 25.1 Å². The highest BCUT2D eigenvalue weighted by molar-refractivity contribution is 7.91. The van der Waals surface area contributed by atoms with E-state index >= 15 is 0 Å². The zero-order valence-corrected chi connectivity index (χ0v) is 20.9. The van der Waals surface area contributed by atoms with Gasteiger partial charge in [0.15, 0.2) is 9.84 Å². The number of carbonyl (C=O) groups is 2. The SMILES string of the molecule is CCS(=O)(=O)c1ccc(CC(=O)Nc2ccc(C(=O)N(C)C(C)c3cccc(Cl)c3)cc2)cc1. The minimum Gasteiger partial charge on any atom is -0.335 e. The number of nitrogens with one attached hydrogen (secondary N) is 1. The van der Waals surface area contributed by atoms with E-state index in [1.165, 1.54) is 12.1 Å². The monoisotopic (exact) mass is 498 g/mol. The van der Waals surface area contributed by atoms with E-state index < -0.39 is 9.84 Å². The molecule has 0 spiro atoms. The number of hydrogen-bond donors (Lipinski definition) is 1. The van der Waals surface area contributed by atoms with Crippen LogP contribution < -0.4 is 5.32 Å². The lowest BCUT2D eigenvalue weighted by atomic mass is 10.1. The summed E-state index contributed by atoms with van der Waals surface area (Å²) in [5.74, 6) is -0.356. The Balaban J connectivity index is 1.60. The topological polar surface area (TPSA) is 83.5 Å². The molecule has 6 nitrogen and oxygen atoms in total. The van der Waals surface area contributed by atoms with Gasteiger partial charge in [0, 0.05) is 23.3 Å². The number of carbonyl (C=O) groups excluding carboxylic acids is 2. The highest BCUT2D eigenvalue weighted by Crippen LogP contribution is 2.24. The van der Waals surface area contributed by atoms with E-state index in [4.69, 9.17) is 11.6 Å². The van der Waals surface area contributed by atoms with E-state index in [-0.39, 0.29) is 34.9 Å². The second kappa shape index (κ2) is 10.8. The van der Waals surface area contributed by atoms with Crippen molar-refractivity contribution in [2.24, 2.45) is 0 Å². The van der Waals surface area contributed by atoms with Gasteiger partial charge in [0.1, 0.15) is 0 Å². The molecule has 0 bridgehead atoms. The molecule has 34 heavy (non-hydrogen) atoms. The summed E-state index contributed by atoms with van der Waals surface area (Å²) >= 11 is 6.07. The molecule has 0 fully saturated rings. The molecule has 0 aliphatic carbocycles. The lowest BCUT2D eigenvalue weighted by Crippen LogP contribution is -2.29. The summed E-state index contributed by atoms with van der Waals surface area (Å²) < 4.78 is 23.8. The zero-order chi connectivity index (χ0) is 24.9. The molecule has 0 radical (unpaired) electrons. The van der Waals surface area contributed by atoms with Crippen molar-refractivity contribution in [2.75, 3.05) is 18.1 Å². The number of halogens is 1. The fourth-order valence-corrected chi connectivity index (χ4v) is 4.52. The molecule has 0 aliphatic heterocycles. The predicted molar refractivity (Wildman–Crippen MR) is 135 cm³/mol. The molecule has 3 aromatic carbocycles. The molecule has 2 amide bonds. The quantitative estimate of drug-likeness (QED) is 0.465. The minimum atomic E-state index is -3.27. The van der Waals surface area contributed by atoms with Crippen molar-refractivity contribution in [1.29, 1.82) is 0 Å². The first-order valence-corrected chi connectivity index (χ1v) is 12.9. The van der Waals surface area contributed by atoms with Crippen molar-refractivity contribution in [3.63, 3.8) is 0 Å². The van der Waals surface area contributed by atoms with Crippen LogP contribution in [-0.4, -0.2) is 37.9 Å². The minimum absolute atomic E-state index is 0.0284. The standard InChI is InChI=1S/C26H27ClN2O4S/c1-4-34(32,33)24-14-8-19(9-15-24)16-25(30)28-23-12-10-20(11-13-23)26(31)29(3)18(2)21-6-5-7-22(27)17-21/h5-15,17-18H,4,16H2,1-3H3,(H,28,30). The number of rotatable bonds is 8. The number of amides is 2. The van der Waals surface area contributed by atoms with Gasteiger partial charge in [-0.15, -0.1) is 0 Å². The number of nitrogens with zero attached hydrogens (tertiary/aromatic N) is 1. The zero-order valence-electron chi connectivity index (χ0n) is 19.3. The normalized spacial score (nSPS) is 12.1. The third-order valence-corrected chi connectivity index (χ3v) is 7.66. The number of sulfone groups is 1. The first kappa shape index (κ1) is 25.5. The Morgan fingerprint density at radius 1 is 1.00 bits per heavy atom. The van der Waals surface area contributed by atoms with Gasteiger partial charge >= 0.3 is 0 Å². The lowest BCUT2D eigenvalue weighted by molar-refractivity contribution is -0.115. The van der Waals surface area contributed by atoms with Gasteiger partial charge in [0.2, 0.25) is 5.91 Å². The van der Waals surface area contributed by atoms with Crippen LogP contribution >= 0.6 is 11.6 Å². The Bertz CT molecular complexity index is 1270. The third-order valence-electron chi connectivity index (χ3n) is 5.68. The molecule has 3 rings (SSSR count). The molecule has 1 atom stereocenters. The van der Waals surface area contributed by atoms with Gasteiger partial charge in [0.25, 0.3) is 5.91 Å². The maximum Gasteiger partial charge on any atom is 0.254 e. The third kappa shape index (κ3) is 6.24. The van der Waals surface area contributed by atoms with Gasteiger partial charge in [0.05, 0.1) is 23.1 Å². The van der Waals surface area contributed by atoms with Crippen LogP contribution in [0, 0.1) is 0 Å². The molecule has 1 unspecified atom stereocenters. The fraction of sp³-hybridized carbons (Fsp3) is 0.231. The van der Waals surface area contributed by atoms with Gasteiger partial charge in [-0.3, -0.25) is 9.59 Å². The Hall–Kier alpha value is -3.16. The molecule has 0 aliphatic rings. The van der Waals surface area contributed by atoms with E-state index in [1.54, 1.807) is 61.3 Å². The van der Waals surface area contributed by atoms with E-state index in [0.29, 0.717) is 21.8 Å². The first-order valence-electron chi connectivity index (χ1n) is 10.8. The van der Waals surface area contributed by atoms with Gasteiger partial charge < -0.3 is 10.2 Å². The van der Waals surface area contributed by atoms with Crippen molar-refractivity contribution in [3.8, 4) is 0 Å². The Morgan fingerprint density at radius 2 is 1.65 bits per heavy atom. The molecule has 0 saturated carbocycles. The van der Waals surface area contributed by atoms with Crippen LogP contribution in [0.2, 0.25) is 5.02 Å². The van der Waals surface area contributed by atoms with Crippen LogP contribution in [-0.2, 0) is 21.1 Å². The van der Waals surface area contributed by atoms with E-state index in [2.05, 4.69) is 5.32 Å². The van der Waals surface area contributed by atoms with Gasteiger partial charge in [-0.2, -0.15) is 0 Å². The average molecular weight is 499 g/mol. The molecule has 3 aromatic rings. The largest absolute Gasteiger partial charge is 0.335 e. The molecule has 8 heteroatoms. The van der Waals surface area contributed by atoms with Crippen molar-refractivity contribution in [3.05, 3.63) is 94.5 Å². The van der Waals surface area contributed by atoms with Crippen LogP contribution in [0.5, 0.6) is 0 Å². The molecule has 0 heterocycles. The van der Waals surface area contributed by atoms with Crippen molar-refractivity contribution < 1.29 is 18.0 Å². The molecule has 1 N–H and O–H groups in total. The Morgan fingerprint density at radius 3 is 2.24 bits per heavy atom. The number of anilines is 1. The second-order valence-corrected chi connectivity index (χ2v) is 10.7. The van der Waals surface area contributed by atoms with Crippen molar-refractivity contribution in [2.45, 2.75) is 31.2 Å². The summed E-state index contributed by atoms with van der Waals surface area (Å²) in [6.07, 6.45) is 0.104. The van der Waals surface area contributed by atoms with Crippen molar-refractivity contribution >= 4 is 38.9 Å². The van der Waals surface area contributed by atoms with Crippen LogP contribution in [0.1, 0.15) is 41.4 Å². The van der Waals surface area contributed by atoms with Gasteiger partial charge in [-0.05, 0) is 66.6 Å².